The van der Waals surface area contributed by atoms with Gasteiger partial charge in [-0.05, 0) is 48.9 Å². The summed E-state index contributed by atoms with van der Waals surface area (Å²) >= 11 is 6.58. The van der Waals surface area contributed by atoms with E-state index in [0.717, 1.165) is 6.42 Å². The highest BCUT2D eigenvalue weighted by Crippen LogP contribution is 2.35. The van der Waals surface area contributed by atoms with Crippen molar-refractivity contribution in [2.24, 2.45) is 7.05 Å². The highest BCUT2D eigenvalue weighted by molar-refractivity contribution is 6.33. The van der Waals surface area contributed by atoms with E-state index in [4.69, 9.17) is 16.3 Å². The van der Waals surface area contributed by atoms with Gasteiger partial charge in [0.05, 0.1) is 17.8 Å². The summed E-state index contributed by atoms with van der Waals surface area (Å²) in [5.74, 6) is -0.131. The van der Waals surface area contributed by atoms with Gasteiger partial charge >= 0.3 is 0 Å². The Morgan fingerprint density at radius 3 is 2.43 bits per heavy atom. The number of para-hydroxylation sites is 1. The summed E-state index contributed by atoms with van der Waals surface area (Å²) in [5, 5.41) is 32.0. The number of hydrogen-bond donors (Lipinski definition) is 3. The van der Waals surface area contributed by atoms with Crippen LogP contribution in [0.25, 0.3) is 11.3 Å². The Bertz CT molecular complexity index is 1820. The number of anilines is 3. The SMILES string of the molecule is COc1ccccc1-c1nnn(C)c1C(=O)N1CCN(c2cc(NC(=O)c3ccc(N4CCCC4=O)cc3)c([NH+]([O-])O)cc2Cl)CC1. The number of ether oxygens (including phenoxy) is 1. The molecule has 0 radical (unpaired) electrons. The van der Waals surface area contributed by atoms with E-state index in [9.17, 15) is 24.8 Å². The maximum atomic E-state index is 13.7. The van der Waals surface area contributed by atoms with Crippen LogP contribution in [0.3, 0.4) is 0 Å². The Balaban J connectivity index is 1.18. The van der Waals surface area contributed by atoms with Crippen LogP contribution >= 0.6 is 11.6 Å². The average molecular weight is 661 g/mol. The zero-order valence-corrected chi connectivity index (χ0v) is 26.5. The summed E-state index contributed by atoms with van der Waals surface area (Å²) in [5.41, 5.74) is 2.87. The minimum absolute atomic E-state index is 0.0405. The van der Waals surface area contributed by atoms with Crippen molar-refractivity contribution in [2.75, 3.05) is 55.0 Å². The van der Waals surface area contributed by atoms with Crippen LogP contribution in [0.1, 0.15) is 33.7 Å². The predicted octanol–water partition coefficient (Wildman–Crippen LogP) is 2.89. The van der Waals surface area contributed by atoms with Crippen molar-refractivity contribution in [2.45, 2.75) is 12.8 Å². The molecule has 15 heteroatoms. The Morgan fingerprint density at radius 2 is 1.77 bits per heavy atom. The number of aromatic nitrogens is 3. The third kappa shape index (κ3) is 6.36. The molecule has 244 valence electrons. The van der Waals surface area contributed by atoms with Gasteiger partial charge in [-0.25, -0.2) is 9.89 Å². The van der Waals surface area contributed by atoms with Crippen LogP contribution in [0.4, 0.5) is 22.7 Å². The Hall–Kier alpha value is -5.02. The summed E-state index contributed by atoms with van der Waals surface area (Å²) in [6.45, 7) is 2.13. The Labute approximate surface area is 275 Å². The first-order chi connectivity index (χ1) is 22.7. The van der Waals surface area contributed by atoms with Crippen LogP contribution in [0.5, 0.6) is 5.75 Å². The maximum Gasteiger partial charge on any atom is 0.274 e. The van der Waals surface area contributed by atoms with Crippen molar-refractivity contribution in [3.63, 3.8) is 0 Å². The largest absolute Gasteiger partial charge is 0.595 e. The van der Waals surface area contributed by atoms with Crippen molar-refractivity contribution in [3.8, 4) is 17.0 Å². The summed E-state index contributed by atoms with van der Waals surface area (Å²) in [6.07, 6.45) is 1.28. The smallest absolute Gasteiger partial charge is 0.274 e. The Kier molecular flexibility index (Phi) is 9.09. The molecule has 3 heterocycles. The lowest BCUT2D eigenvalue weighted by Gasteiger charge is -2.36. The zero-order chi connectivity index (χ0) is 33.2. The van der Waals surface area contributed by atoms with Gasteiger partial charge in [-0.1, -0.05) is 28.9 Å². The third-order valence-electron chi connectivity index (χ3n) is 8.38. The van der Waals surface area contributed by atoms with E-state index >= 15 is 0 Å². The number of piperazine rings is 1. The third-order valence-corrected chi connectivity index (χ3v) is 8.68. The van der Waals surface area contributed by atoms with Crippen LogP contribution < -0.4 is 25.1 Å². The molecule has 47 heavy (non-hydrogen) atoms. The first-order valence-electron chi connectivity index (χ1n) is 15.0. The normalized spacial score (nSPS) is 15.6. The molecular weight excluding hydrogens is 628 g/mol. The van der Waals surface area contributed by atoms with Crippen LogP contribution in [0, 0.1) is 5.21 Å². The first kappa shape index (κ1) is 31.9. The zero-order valence-electron chi connectivity index (χ0n) is 25.8. The minimum atomic E-state index is -1.25. The number of methoxy groups -OCH3 is 1. The molecule has 2 aliphatic heterocycles. The number of carbonyl (C=O) groups excluding carboxylic acids is 3. The first-order valence-corrected chi connectivity index (χ1v) is 15.4. The topological polar surface area (TPSA) is 161 Å². The second-order valence-electron chi connectivity index (χ2n) is 11.2. The number of halogens is 1. The van der Waals surface area contributed by atoms with Gasteiger partial charge in [0.2, 0.25) is 5.91 Å². The molecule has 1 unspecified atom stereocenters. The summed E-state index contributed by atoms with van der Waals surface area (Å²) in [6, 6.07) is 16.7. The van der Waals surface area contributed by atoms with Gasteiger partial charge in [0.15, 0.2) is 11.4 Å². The number of amides is 3. The molecule has 3 N–H and O–H groups in total. The lowest BCUT2D eigenvalue weighted by Crippen LogP contribution is -2.99. The van der Waals surface area contributed by atoms with E-state index < -0.39 is 11.1 Å². The van der Waals surface area contributed by atoms with E-state index in [0.29, 0.717) is 78.8 Å². The van der Waals surface area contributed by atoms with E-state index in [1.165, 1.54) is 10.7 Å². The van der Waals surface area contributed by atoms with E-state index in [2.05, 4.69) is 15.6 Å². The van der Waals surface area contributed by atoms with Crippen molar-refractivity contribution in [1.82, 2.24) is 19.9 Å². The van der Waals surface area contributed by atoms with Crippen LogP contribution in [0.15, 0.2) is 60.7 Å². The fourth-order valence-corrected chi connectivity index (χ4v) is 6.19. The molecule has 4 aromatic rings. The number of rotatable bonds is 8. The second kappa shape index (κ2) is 13.4. The van der Waals surface area contributed by atoms with Gasteiger partial charge in [-0.15, -0.1) is 5.10 Å². The molecule has 3 aromatic carbocycles. The van der Waals surface area contributed by atoms with Crippen molar-refractivity contribution in [3.05, 3.63) is 82.2 Å². The quantitative estimate of drug-likeness (QED) is 0.242. The fourth-order valence-electron chi connectivity index (χ4n) is 5.91. The molecule has 2 aliphatic rings. The standard InChI is InChI=1S/C32H33ClN8O6/c1-37-30(29(35-36-37)22-6-3-4-7-27(22)47-2)32(44)39-16-14-38(15-17-39)25-19-24(26(41(45)46)18-23(25)33)34-31(43)20-9-11-21(12-10-20)40-13-5-8-28(40)42/h3-4,6-7,9-12,18-19,41,45H,5,8,13-17H2,1-2H3,(H,34,43). The van der Waals surface area contributed by atoms with Crippen molar-refractivity contribution < 1.29 is 29.6 Å². The molecule has 0 spiro atoms. The lowest BCUT2D eigenvalue weighted by atomic mass is 10.1. The maximum absolute atomic E-state index is 13.7. The molecular formula is C32H33ClN8O6. The average Bonchev–Trinajstić information content (AvgIpc) is 3.69. The second-order valence-corrected chi connectivity index (χ2v) is 11.6. The van der Waals surface area contributed by atoms with Crippen LogP contribution in [0.2, 0.25) is 5.02 Å². The molecule has 0 aliphatic carbocycles. The van der Waals surface area contributed by atoms with Crippen LogP contribution in [-0.2, 0) is 11.8 Å². The van der Waals surface area contributed by atoms with Gasteiger partial charge < -0.3 is 30.0 Å². The molecule has 1 aromatic heterocycles. The monoisotopic (exact) mass is 660 g/mol. The molecule has 14 nitrogen and oxygen atoms in total. The Morgan fingerprint density at radius 1 is 1.04 bits per heavy atom. The van der Waals surface area contributed by atoms with E-state index in [1.54, 1.807) is 60.4 Å². The fraction of sp³-hybridized carbons (Fsp3) is 0.281. The van der Waals surface area contributed by atoms with Gasteiger partial charge in [-0.3, -0.25) is 14.4 Å². The van der Waals surface area contributed by atoms with Gasteiger partial charge in [0, 0.05) is 69.1 Å². The van der Waals surface area contributed by atoms with Crippen molar-refractivity contribution >= 4 is 52.1 Å². The van der Waals surface area contributed by atoms with Gasteiger partial charge in [0.1, 0.15) is 17.1 Å². The number of benzene rings is 3. The van der Waals surface area contributed by atoms with E-state index in [-0.39, 0.29) is 28.2 Å². The summed E-state index contributed by atoms with van der Waals surface area (Å²) < 4.78 is 6.93. The number of carbonyl (C=O) groups is 3. The van der Waals surface area contributed by atoms with Gasteiger partial charge in [-0.2, -0.15) is 5.23 Å². The molecule has 0 bridgehead atoms. The summed E-state index contributed by atoms with van der Waals surface area (Å²) in [7, 11) is 3.22. The van der Waals surface area contributed by atoms with Gasteiger partial charge in [0.25, 0.3) is 11.8 Å². The molecule has 6 rings (SSSR count). The number of nitrogens with zero attached hydrogens (tertiary/aromatic N) is 6. The molecule has 0 saturated carbocycles. The van der Waals surface area contributed by atoms with Crippen LogP contribution in [-0.4, -0.2) is 82.7 Å². The predicted molar refractivity (Wildman–Crippen MR) is 174 cm³/mol. The molecule has 2 fully saturated rings. The molecule has 2 saturated heterocycles. The molecule has 1 atom stereocenters. The minimum Gasteiger partial charge on any atom is -0.595 e. The summed E-state index contributed by atoms with van der Waals surface area (Å²) in [4.78, 5) is 44.3. The van der Waals surface area contributed by atoms with E-state index in [1.807, 2.05) is 23.1 Å². The molecule has 3 amide bonds. The number of nitrogens with one attached hydrogen (secondary N) is 2. The number of hydrogen-bond acceptors (Lipinski definition) is 9. The van der Waals surface area contributed by atoms with Crippen molar-refractivity contribution in [1.29, 1.82) is 0 Å². The lowest BCUT2D eigenvalue weighted by molar-refractivity contribution is -0.990. The number of aryl methyl sites for hydroxylation is 1. The highest BCUT2D eigenvalue weighted by atomic mass is 35.5. The highest BCUT2D eigenvalue weighted by Gasteiger charge is 2.30. The number of quaternary nitrogens is 1.